The number of hydrogen-bond donors (Lipinski definition) is 0. The Morgan fingerprint density at radius 3 is 2.21 bits per heavy atom. The Bertz CT molecular complexity index is 1320. The average Bonchev–Trinajstić information content (AvgIpc) is 3.25. The molecule has 0 saturated carbocycles. The van der Waals surface area contributed by atoms with Crippen LogP contribution in [-0.2, 0) is 21.2 Å². The van der Waals surface area contributed by atoms with Crippen molar-refractivity contribution in [1.82, 2.24) is 0 Å². The van der Waals surface area contributed by atoms with Gasteiger partial charge in [-0.3, -0.25) is 9.10 Å². The van der Waals surface area contributed by atoms with Crippen molar-refractivity contribution in [2.24, 2.45) is 0 Å². The second kappa shape index (κ2) is 9.14. The van der Waals surface area contributed by atoms with Crippen molar-refractivity contribution in [1.29, 1.82) is 0 Å². The SMILES string of the molecule is COc1ccc(N(CC(=O)N2CCc3ccccc32)S(=O)(=O)c2c(C)c(C)cc(C)c2C)cc1. The van der Waals surface area contributed by atoms with Crippen molar-refractivity contribution in [2.75, 3.05) is 29.4 Å². The van der Waals surface area contributed by atoms with E-state index < -0.39 is 10.0 Å². The molecular weight excluding hydrogens is 448 g/mol. The lowest BCUT2D eigenvalue weighted by atomic mass is 10.0. The highest BCUT2D eigenvalue weighted by atomic mass is 32.2. The van der Waals surface area contributed by atoms with Gasteiger partial charge in [0, 0.05) is 12.2 Å². The number of ether oxygens (including phenoxy) is 1. The van der Waals surface area contributed by atoms with Crippen LogP contribution in [0.3, 0.4) is 0 Å². The van der Waals surface area contributed by atoms with Gasteiger partial charge in [0.2, 0.25) is 5.91 Å². The largest absolute Gasteiger partial charge is 0.497 e. The van der Waals surface area contributed by atoms with Crippen LogP contribution in [-0.4, -0.2) is 34.5 Å². The topological polar surface area (TPSA) is 66.9 Å². The van der Waals surface area contributed by atoms with Crippen molar-refractivity contribution >= 4 is 27.3 Å². The molecule has 0 unspecified atom stereocenters. The smallest absolute Gasteiger partial charge is 0.265 e. The number of carbonyl (C=O) groups is 1. The van der Waals surface area contributed by atoms with Crippen molar-refractivity contribution in [2.45, 2.75) is 39.0 Å². The summed E-state index contributed by atoms with van der Waals surface area (Å²) in [5.41, 5.74) is 5.54. The van der Waals surface area contributed by atoms with Crippen molar-refractivity contribution < 1.29 is 17.9 Å². The van der Waals surface area contributed by atoms with Gasteiger partial charge in [-0.05, 0) is 92.3 Å². The number of aryl methyl sites for hydroxylation is 2. The Hall–Kier alpha value is -3.32. The van der Waals surface area contributed by atoms with E-state index in [1.54, 1.807) is 36.3 Å². The maximum Gasteiger partial charge on any atom is 0.265 e. The minimum atomic E-state index is -4.04. The number of anilines is 2. The molecule has 1 heterocycles. The van der Waals surface area contributed by atoms with Gasteiger partial charge in [0.1, 0.15) is 12.3 Å². The Balaban J connectivity index is 1.80. The van der Waals surface area contributed by atoms with Gasteiger partial charge in [-0.2, -0.15) is 0 Å². The molecule has 1 aliphatic heterocycles. The number of sulfonamides is 1. The molecule has 0 saturated heterocycles. The summed E-state index contributed by atoms with van der Waals surface area (Å²) in [5, 5.41) is 0. The molecule has 1 aliphatic rings. The van der Waals surface area contributed by atoms with Gasteiger partial charge in [0.05, 0.1) is 17.7 Å². The molecule has 34 heavy (non-hydrogen) atoms. The van der Waals surface area contributed by atoms with Crippen LogP contribution < -0.4 is 13.9 Å². The lowest BCUT2D eigenvalue weighted by molar-refractivity contribution is -0.117. The van der Waals surface area contributed by atoms with E-state index in [1.807, 2.05) is 58.0 Å². The number of hydrogen-bond acceptors (Lipinski definition) is 4. The third kappa shape index (κ3) is 4.16. The average molecular weight is 479 g/mol. The van der Waals surface area contributed by atoms with Crippen LogP contribution in [0, 0.1) is 27.7 Å². The van der Waals surface area contributed by atoms with Crippen LogP contribution in [0.4, 0.5) is 11.4 Å². The standard InChI is InChI=1S/C27H30N2O4S/c1-18-16-19(2)21(4)27(20(18)3)34(31,32)29(23-10-12-24(33-5)13-11-23)17-26(30)28-15-14-22-8-6-7-9-25(22)28/h6-13,16H,14-15,17H2,1-5H3. The molecule has 6 nitrogen and oxygen atoms in total. The van der Waals surface area contributed by atoms with Gasteiger partial charge in [0.25, 0.3) is 10.0 Å². The first-order chi connectivity index (χ1) is 16.1. The number of nitrogens with zero attached hydrogens (tertiary/aromatic N) is 2. The van der Waals surface area contributed by atoms with E-state index in [9.17, 15) is 13.2 Å². The predicted octanol–water partition coefficient (Wildman–Crippen LogP) is 4.71. The van der Waals surface area contributed by atoms with E-state index in [1.165, 1.54) is 4.31 Å². The first-order valence-electron chi connectivity index (χ1n) is 11.3. The van der Waals surface area contributed by atoms with Crippen molar-refractivity contribution in [3.63, 3.8) is 0 Å². The van der Waals surface area contributed by atoms with E-state index in [-0.39, 0.29) is 17.3 Å². The van der Waals surface area contributed by atoms with Gasteiger partial charge in [-0.25, -0.2) is 8.42 Å². The van der Waals surface area contributed by atoms with E-state index >= 15 is 0 Å². The predicted molar refractivity (Wildman–Crippen MR) is 135 cm³/mol. The van der Waals surface area contributed by atoms with Crippen LogP contribution in [0.1, 0.15) is 27.8 Å². The fourth-order valence-electron chi connectivity index (χ4n) is 4.55. The van der Waals surface area contributed by atoms with Gasteiger partial charge >= 0.3 is 0 Å². The first kappa shape index (κ1) is 23.8. The van der Waals surface area contributed by atoms with Crippen LogP contribution in [0.15, 0.2) is 59.5 Å². The molecule has 0 radical (unpaired) electrons. The van der Waals surface area contributed by atoms with Crippen LogP contribution in [0.5, 0.6) is 5.75 Å². The molecule has 3 aromatic rings. The fourth-order valence-corrected chi connectivity index (χ4v) is 6.54. The number of carbonyl (C=O) groups excluding carboxylic acids is 1. The number of para-hydroxylation sites is 1. The summed E-state index contributed by atoms with van der Waals surface area (Å²) in [6.45, 7) is 7.69. The zero-order valence-electron chi connectivity index (χ0n) is 20.3. The second-order valence-electron chi connectivity index (χ2n) is 8.72. The Morgan fingerprint density at radius 1 is 0.971 bits per heavy atom. The Kier molecular flexibility index (Phi) is 6.41. The molecule has 1 amide bonds. The monoisotopic (exact) mass is 478 g/mol. The number of methoxy groups -OCH3 is 1. The number of fused-ring (bicyclic) bond motifs is 1. The van der Waals surface area contributed by atoms with Gasteiger partial charge in [0.15, 0.2) is 0 Å². The third-order valence-electron chi connectivity index (χ3n) is 6.67. The molecule has 178 valence electrons. The molecule has 0 atom stereocenters. The van der Waals surface area contributed by atoms with Crippen LogP contribution >= 0.6 is 0 Å². The lowest BCUT2D eigenvalue weighted by Gasteiger charge is -2.29. The molecule has 7 heteroatoms. The summed E-state index contributed by atoms with van der Waals surface area (Å²) in [5.74, 6) is 0.351. The molecule has 0 aliphatic carbocycles. The van der Waals surface area contributed by atoms with Gasteiger partial charge < -0.3 is 9.64 Å². The maximum atomic E-state index is 14.2. The van der Waals surface area contributed by atoms with Gasteiger partial charge in [-0.15, -0.1) is 0 Å². The zero-order valence-corrected chi connectivity index (χ0v) is 21.1. The molecule has 4 rings (SSSR count). The first-order valence-corrected chi connectivity index (χ1v) is 12.7. The Labute approximate surface area is 201 Å². The Morgan fingerprint density at radius 2 is 1.59 bits per heavy atom. The van der Waals surface area contributed by atoms with E-state index in [0.29, 0.717) is 29.1 Å². The highest BCUT2D eigenvalue weighted by molar-refractivity contribution is 7.93. The summed E-state index contributed by atoms with van der Waals surface area (Å²) >= 11 is 0. The molecule has 0 fully saturated rings. The highest BCUT2D eigenvalue weighted by Gasteiger charge is 2.34. The van der Waals surface area contributed by atoms with E-state index in [2.05, 4.69) is 0 Å². The third-order valence-corrected chi connectivity index (χ3v) is 8.72. The lowest BCUT2D eigenvalue weighted by Crippen LogP contribution is -2.43. The fraction of sp³-hybridized carbons (Fsp3) is 0.296. The molecule has 3 aromatic carbocycles. The molecule has 0 aromatic heterocycles. The number of amides is 1. The number of rotatable bonds is 6. The quantitative estimate of drug-likeness (QED) is 0.515. The minimum Gasteiger partial charge on any atom is -0.497 e. The van der Waals surface area contributed by atoms with Crippen molar-refractivity contribution in [3.05, 3.63) is 82.4 Å². The molecule has 0 N–H and O–H groups in total. The van der Waals surface area contributed by atoms with Crippen molar-refractivity contribution in [3.8, 4) is 5.75 Å². The zero-order chi connectivity index (χ0) is 24.6. The highest BCUT2D eigenvalue weighted by Crippen LogP contribution is 2.33. The summed E-state index contributed by atoms with van der Waals surface area (Å²) < 4.78 is 34.8. The number of benzene rings is 3. The summed E-state index contributed by atoms with van der Waals surface area (Å²) in [4.78, 5) is 15.4. The van der Waals surface area contributed by atoms with Crippen LogP contribution in [0.25, 0.3) is 0 Å². The summed E-state index contributed by atoms with van der Waals surface area (Å²) in [7, 11) is -2.48. The van der Waals surface area contributed by atoms with Crippen LogP contribution in [0.2, 0.25) is 0 Å². The summed E-state index contributed by atoms with van der Waals surface area (Å²) in [6, 6.07) is 16.5. The normalized spacial score (nSPS) is 13.0. The second-order valence-corrected chi connectivity index (χ2v) is 10.5. The molecule has 0 bridgehead atoms. The van der Waals surface area contributed by atoms with E-state index in [4.69, 9.17) is 4.74 Å². The summed E-state index contributed by atoms with van der Waals surface area (Å²) in [6.07, 6.45) is 0.756. The molecule has 0 spiro atoms. The molecular formula is C27H30N2O4S. The van der Waals surface area contributed by atoms with Gasteiger partial charge in [-0.1, -0.05) is 24.3 Å². The minimum absolute atomic E-state index is 0.260. The maximum absolute atomic E-state index is 14.2. The van der Waals surface area contributed by atoms with E-state index in [0.717, 1.165) is 28.8 Å².